The fraction of sp³-hybridized carbons (Fsp3) is 1.00. The van der Waals surface area contributed by atoms with Gasteiger partial charge < -0.3 is 0 Å². The standard InChI is InChI=1S/C15H32O4Si2/c1-13-10-14(2,3)12-15(11-13)16-18-20(4,5)8-9-21(6,7)19-17-15/h13H,8-12H2,1-7H3. The summed E-state index contributed by atoms with van der Waals surface area (Å²) < 4.78 is 11.9. The van der Waals surface area contributed by atoms with Crippen LogP contribution in [0, 0.1) is 11.3 Å². The van der Waals surface area contributed by atoms with Crippen molar-refractivity contribution in [1.29, 1.82) is 0 Å². The van der Waals surface area contributed by atoms with Gasteiger partial charge in [-0.3, -0.25) is 9.15 Å². The minimum Gasteiger partial charge on any atom is -0.284 e. The largest absolute Gasteiger partial charge is 0.284 e. The van der Waals surface area contributed by atoms with E-state index in [2.05, 4.69) is 47.0 Å². The van der Waals surface area contributed by atoms with Gasteiger partial charge in [-0.25, -0.2) is 9.78 Å². The second kappa shape index (κ2) is 5.72. The molecule has 0 amide bonds. The van der Waals surface area contributed by atoms with E-state index >= 15 is 0 Å². The summed E-state index contributed by atoms with van der Waals surface area (Å²) in [5, 5.41) is 0. The second-order valence-electron chi connectivity index (χ2n) is 9.12. The molecule has 6 heteroatoms. The lowest BCUT2D eigenvalue weighted by atomic mass is 9.70. The average Bonchev–Trinajstić information content (AvgIpc) is 2.33. The zero-order valence-electron chi connectivity index (χ0n) is 14.7. The Bertz CT molecular complexity index is 362. The monoisotopic (exact) mass is 332 g/mol. The Morgan fingerprint density at radius 2 is 1.33 bits per heavy atom. The van der Waals surface area contributed by atoms with E-state index in [-0.39, 0.29) is 5.41 Å². The lowest BCUT2D eigenvalue weighted by Crippen LogP contribution is -2.49. The van der Waals surface area contributed by atoms with Crippen LogP contribution in [0.4, 0.5) is 0 Å². The van der Waals surface area contributed by atoms with Crippen molar-refractivity contribution in [2.45, 2.75) is 84.1 Å². The van der Waals surface area contributed by atoms with Crippen LogP contribution in [0.1, 0.15) is 40.0 Å². The molecule has 2 aliphatic rings. The molecule has 1 aliphatic heterocycles. The summed E-state index contributed by atoms with van der Waals surface area (Å²) in [7, 11) is -3.64. The van der Waals surface area contributed by atoms with E-state index in [0.29, 0.717) is 5.92 Å². The molecular weight excluding hydrogens is 300 g/mol. The Balaban J connectivity index is 2.24. The van der Waals surface area contributed by atoms with Gasteiger partial charge in [0.05, 0.1) is 0 Å². The molecule has 0 aromatic carbocycles. The maximum absolute atomic E-state index is 5.94. The highest BCUT2D eigenvalue weighted by atomic mass is 28.4. The first-order chi connectivity index (χ1) is 9.43. The lowest BCUT2D eigenvalue weighted by Gasteiger charge is -2.45. The van der Waals surface area contributed by atoms with Crippen molar-refractivity contribution >= 4 is 16.6 Å². The van der Waals surface area contributed by atoms with Crippen LogP contribution in [0.3, 0.4) is 0 Å². The Morgan fingerprint density at radius 1 is 0.857 bits per heavy atom. The molecule has 2 rings (SSSR count). The van der Waals surface area contributed by atoms with Gasteiger partial charge in [-0.05, 0) is 56.0 Å². The summed E-state index contributed by atoms with van der Waals surface area (Å²) in [6, 6.07) is 2.12. The van der Waals surface area contributed by atoms with Crippen LogP contribution in [0.25, 0.3) is 0 Å². The van der Waals surface area contributed by atoms with Crippen LogP contribution in [-0.4, -0.2) is 22.4 Å². The van der Waals surface area contributed by atoms with Gasteiger partial charge >= 0.3 is 0 Å². The Hall–Kier alpha value is 0.274. The zero-order valence-corrected chi connectivity index (χ0v) is 16.7. The summed E-state index contributed by atoms with van der Waals surface area (Å²) >= 11 is 0. The van der Waals surface area contributed by atoms with Gasteiger partial charge in [0.25, 0.3) is 0 Å². The highest BCUT2D eigenvalue weighted by molar-refractivity contribution is 6.76. The van der Waals surface area contributed by atoms with Crippen molar-refractivity contribution in [3.05, 3.63) is 0 Å². The minimum absolute atomic E-state index is 0.176. The van der Waals surface area contributed by atoms with Crippen molar-refractivity contribution < 1.29 is 18.9 Å². The predicted molar refractivity (Wildman–Crippen MR) is 88.4 cm³/mol. The van der Waals surface area contributed by atoms with E-state index in [9.17, 15) is 0 Å². The van der Waals surface area contributed by atoms with E-state index in [0.717, 1.165) is 24.9 Å². The molecule has 0 aromatic rings. The van der Waals surface area contributed by atoms with Crippen molar-refractivity contribution in [2.75, 3.05) is 0 Å². The number of rotatable bonds is 0. The molecular formula is C15H32O4Si2. The van der Waals surface area contributed by atoms with Crippen LogP contribution < -0.4 is 0 Å². The van der Waals surface area contributed by atoms with E-state index in [1.54, 1.807) is 0 Å². The summed E-state index contributed by atoms with van der Waals surface area (Å²) in [5.41, 5.74) is 0.176. The van der Waals surface area contributed by atoms with Crippen LogP contribution in [0.5, 0.6) is 0 Å². The number of hydrogen-bond acceptors (Lipinski definition) is 4. The molecule has 1 heterocycles. The highest BCUT2D eigenvalue weighted by Gasteiger charge is 2.50. The van der Waals surface area contributed by atoms with Gasteiger partial charge in [0, 0.05) is 12.8 Å². The molecule has 21 heavy (non-hydrogen) atoms. The van der Waals surface area contributed by atoms with Crippen LogP contribution in [0.2, 0.25) is 38.3 Å². The molecule has 1 atom stereocenters. The van der Waals surface area contributed by atoms with Crippen molar-refractivity contribution in [2.24, 2.45) is 11.3 Å². The molecule has 1 saturated heterocycles. The highest BCUT2D eigenvalue weighted by Crippen LogP contribution is 2.47. The van der Waals surface area contributed by atoms with E-state index in [1.807, 2.05) is 0 Å². The molecule has 2 fully saturated rings. The summed E-state index contributed by atoms with van der Waals surface area (Å²) in [6.07, 6.45) is 2.84. The first kappa shape index (κ1) is 17.6. The Morgan fingerprint density at radius 3 is 1.76 bits per heavy atom. The van der Waals surface area contributed by atoms with Gasteiger partial charge in [-0.15, -0.1) is 0 Å². The molecule has 124 valence electrons. The normalized spacial score (nSPS) is 34.7. The van der Waals surface area contributed by atoms with Crippen LogP contribution >= 0.6 is 0 Å². The van der Waals surface area contributed by atoms with E-state index in [1.165, 1.54) is 6.42 Å². The van der Waals surface area contributed by atoms with Crippen LogP contribution in [0.15, 0.2) is 0 Å². The predicted octanol–water partition coefficient (Wildman–Crippen LogP) is 4.85. The third-order valence-electron chi connectivity index (χ3n) is 4.48. The maximum Gasteiger partial charge on any atom is 0.233 e. The van der Waals surface area contributed by atoms with E-state index in [4.69, 9.17) is 18.9 Å². The molecule has 1 spiro atoms. The summed E-state index contributed by atoms with van der Waals surface area (Å²) in [5.74, 6) is -0.198. The minimum atomic E-state index is -1.82. The fourth-order valence-corrected chi connectivity index (χ4v) is 9.36. The second-order valence-corrected chi connectivity index (χ2v) is 17.5. The zero-order chi connectivity index (χ0) is 15.9. The first-order valence-corrected chi connectivity index (χ1v) is 14.4. The molecule has 0 aromatic heterocycles. The van der Waals surface area contributed by atoms with Gasteiger partial charge in [0.2, 0.25) is 22.4 Å². The SMILES string of the molecule is CC1CC(C)(C)CC2(C1)OO[Si](C)(C)CC[Si](C)(C)OO2. The Labute approximate surface area is 131 Å². The smallest absolute Gasteiger partial charge is 0.233 e. The van der Waals surface area contributed by atoms with Crippen LogP contribution in [-0.2, 0) is 18.9 Å². The Kier molecular flexibility index (Phi) is 4.80. The first-order valence-electron chi connectivity index (χ1n) is 8.16. The molecule has 1 saturated carbocycles. The summed E-state index contributed by atoms with van der Waals surface area (Å²) in [6.45, 7) is 15.7. The average molecular weight is 333 g/mol. The lowest BCUT2D eigenvalue weighted by molar-refractivity contribution is -0.479. The summed E-state index contributed by atoms with van der Waals surface area (Å²) in [4.78, 5) is 11.9. The van der Waals surface area contributed by atoms with Crippen molar-refractivity contribution in [3.8, 4) is 0 Å². The molecule has 1 aliphatic carbocycles. The molecule has 0 N–H and O–H groups in total. The molecule has 0 bridgehead atoms. The van der Waals surface area contributed by atoms with E-state index < -0.39 is 22.4 Å². The molecule has 0 radical (unpaired) electrons. The topological polar surface area (TPSA) is 36.9 Å². The number of hydrogen-bond donors (Lipinski definition) is 0. The van der Waals surface area contributed by atoms with Crippen molar-refractivity contribution in [1.82, 2.24) is 0 Å². The van der Waals surface area contributed by atoms with Gasteiger partial charge in [0.15, 0.2) is 0 Å². The third-order valence-corrected chi connectivity index (χ3v) is 8.95. The molecule has 4 nitrogen and oxygen atoms in total. The maximum atomic E-state index is 5.94. The van der Waals surface area contributed by atoms with Crippen molar-refractivity contribution in [3.63, 3.8) is 0 Å². The van der Waals surface area contributed by atoms with Gasteiger partial charge in [0.1, 0.15) is 0 Å². The van der Waals surface area contributed by atoms with Gasteiger partial charge in [-0.2, -0.15) is 0 Å². The quantitative estimate of drug-likeness (QED) is 0.469. The molecule has 1 unspecified atom stereocenters. The fourth-order valence-electron chi connectivity index (χ4n) is 3.62. The third kappa shape index (κ3) is 4.87. The van der Waals surface area contributed by atoms with Gasteiger partial charge in [-0.1, -0.05) is 20.8 Å².